The van der Waals surface area contributed by atoms with E-state index in [2.05, 4.69) is 59.8 Å². The smallest absolute Gasteiger partial charge is 0.0146 e. The van der Waals surface area contributed by atoms with Crippen molar-refractivity contribution < 1.29 is 0 Å². The molecule has 0 heterocycles. The minimum absolute atomic E-state index is 0.559. The van der Waals surface area contributed by atoms with Gasteiger partial charge in [0.2, 0.25) is 0 Å². The second kappa shape index (κ2) is 7.37. The van der Waals surface area contributed by atoms with Gasteiger partial charge in [-0.3, -0.25) is 0 Å². The fraction of sp³-hybridized carbons (Fsp3) is 0.818. The molecule has 2 fully saturated rings. The zero-order valence-electron chi connectivity index (χ0n) is 15.9. The third kappa shape index (κ3) is 3.36. The first-order chi connectivity index (χ1) is 10.4. The first-order valence-electron chi connectivity index (χ1n) is 9.77. The second-order valence-electron chi connectivity index (χ2n) is 8.45. The largest absolute Gasteiger partial charge is 0.0882 e. The van der Waals surface area contributed by atoms with Gasteiger partial charge in [0.1, 0.15) is 0 Å². The maximum absolute atomic E-state index is 2.60. The van der Waals surface area contributed by atoms with Gasteiger partial charge in [0.25, 0.3) is 0 Å². The third-order valence-electron chi connectivity index (χ3n) is 7.30. The molecule has 2 aliphatic carbocycles. The Balaban J connectivity index is 2.08. The van der Waals surface area contributed by atoms with E-state index >= 15 is 0 Å². The molecule has 0 amide bonds. The Kier molecular flexibility index (Phi) is 5.97. The highest BCUT2D eigenvalue weighted by molar-refractivity contribution is 5.18. The molecular formula is C22H38. The van der Waals surface area contributed by atoms with Crippen molar-refractivity contribution >= 4 is 0 Å². The van der Waals surface area contributed by atoms with Crippen LogP contribution in [0.2, 0.25) is 0 Å². The molecule has 2 aliphatic rings. The zero-order valence-corrected chi connectivity index (χ0v) is 15.9. The molecule has 0 nitrogen and oxygen atoms in total. The average Bonchev–Trinajstić information content (AvgIpc) is 2.88. The Morgan fingerprint density at radius 1 is 1.18 bits per heavy atom. The molecule has 0 heteroatoms. The molecule has 126 valence electrons. The summed E-state index contributed by atoms with van der Waals surface area (Å²) in [4.78, 5) is 0. The molecule has 0 aliphatic heterocycles. The molecule has 4 unspecified atom stereocenters. The van der Waals surface area contributed by atoms with Crippen LogP contribution in [-0.4, -0.2) is 0 Å². The average molecular weight is 303 g/mol. The molecule has 0 aromatic heterocycles. The predicted octanol–water partition coefficient (Wildman–Crippen LogP) is 7.02. The maximum atomic E-state index is 2.60. The van der Waals surface area contributed by atoms with Gasteiger partial charge >= 0.3 is 0 Å². The standard InChI is InChI=1S/C22H38/c1-7-16(3)17(4)11-12-18(5)20-13-14-21-19(8-2)10-9-15-22(20,21)6/h8,11-12,16-18,20-21H,7,9-10,13-15H2,1-6H3/b12-11+,19-8+/t16?,17-,18+,20?,21?,22?/m0/s1. The van der Waals surface area contributed by atoms with E-state index in [1.54, 1.807) is 5.57 Å². The minimum Gasteiger partial charge on any atom is -0.0882 e. The monoisotopic (exact) mass is 302 g/mol. The summed E-state index contributed by atoms with van der Waals surface area (Å²) in [5, 5.41) is 0. The molecule has 0 aromatic carbocycles. The van der Waals surface area contributed by atoms with E-state index in [1.807, 2.05) is 0 Å². The number of rotatable bonds is 5. The summed E-state index contributed by atoms with van der Waals surface area (Å²) in [7, 11) is 0. The van der Waals surface area contributed by atoms with Gasteiger partial charge in [0.05, 0.1) is 0 Å². The highest BCUT2D eigenvalue weighted by Crippen LogP contribution is 2.59. The SMILES string of the molecule is C/C=C1\CCCC2(C)C1CCC2[C@H](C)/C=C/[C@H](C)C(C)CC. The Labute approximate surface area is 139 Å². The lowest BCUT2D eigenvalue weighted by atomic mass is 9.61. The van der Waals surface area contributed by atoms with Crippen molar-refractivity contribution in [3.05, 3.63) is 23.8 Å². The van der Waals surface area contributed by atoms with Crippen molar-refractivity contribution in [3.63, 3.8) is 0 Å². The van der Waals surface area contributed by atoms with E-state index in [0.29, 0.717) is 5.41 Å². The molecule has 2 saturated carbocycles. The van der Waals surface area contributed by atoms with Crippen LogP contribution in [0.15, 0.2) is 23.8 Å². The first kappa shape index (κ1) is 17.8. The van der Waals surface area contributed by atoms with Crippen LogP contribution in [0.1, 0.15) is 80.1 Å². The number of allylic oxidation sites excluding steroid dienone is 4. The van der Waals surface area contributed by atoms with E-state index in [1.165, 1.54) is 38.5 Å². The van der Waals surface area contributed by atoms with Gasteiger partial charge < -0.3 is 0 Å². The van der Waals surface area contributed by atoms with Crippen molar-refractivity contribution in [1.82, 2.24) is 0 Å². The fourth-order valence-electron chi connectivity index (χ4n) is 5.34. The quantitative estimate of drug-likeness (QED) is 0.478. The van der Waals surface area contributed by atoms with Gasteiger partial charge in [0.15, 0.2) is 0 Å². The fourth-order valence-corrected chi connectivity index (χ4v) is 5.34. The van der Waals surface area contributed by atoms with Crippen LogP contribution in [0.4, 0.5) is 0 Å². The molecule has 22 heavy (non-hydrogen) atoms. The Hall–Kier alpha value is -0.520. The van der Waals surface area contributed by atoms with Crippen LogP contribution >= 0.6 is 0 Å². The summed E-state index contributed by atoms with van der Waals surface area (Å²) in [5.74, 6) is 4.01. The topological polar surface area (TPSA) is 0 Å². The molecule has 0 saturated heterocycles. The van der Waals surface area contributed by atoms with E-state index in [-0.39, 0.29) is 0 Å². The highest BCUT2D eigenvalue weighted by atomic mass is 14.5. The minimum atomic E-state index is 0.559. The van der Waals surface area contributed by atoms with Gasteiger partial charge in [-0.1, -0.05) is 64.8 Å². The lowest BCUT2D eigenvalue weighted by Crippen LogP contribution is -2.35. The van der Waals surface area contributed by atoms with Crippen molar-refractivity contribution in [1.29, 1.82) is 0 Å². The van der Waals surface area contributed by atoms with Crippen LogP contribution in [-0.2, 0) is 0 Å². The Morgan fingerprint density at radius 2 is 1.91 bits per heavy atom. The first-order valence-corrected chi connectivity index (χ1v) is 9.77. The normalized spacial score (nSPS) is 38.2. The molecule has 0 spiro atoms. The second-order valence-corrected chi connectivity index (χ2v) is 8.45. The number of hydrogen-bond donors (Lipinski definition) is 0. The van der Waals surface area contributed by atoms with Gasteiger partial charge in [-0.2, -0.15) is 0 Å². The summed E-state index contributed by atoms with van der Waals surface area (Å²) in [6, 6.07) is 0. The van der Waals surface area contributed by atoms with Crippen molar-refractivity contribution in [2.75, 3.05) is 0 Å². The number of hydrogen-bond acceptors (Lipinski definition) is 0. The van der Waals surface area contributed by atoms with Crippen LogP contribution in [0.3, 0.4) is 0 Å². The van der Waals surface area contributed by atoms with Crippen LogP contribution < -0.4 is 0 Å². The summed E-state index contributed by atoms with van der Waals surface area (Å²) in [5.41, 5.74) is 2.32. The van der Waals surface area contributed by atoms with Gasteiger partial charge in [0, 0.05) is 0 Å². The predicted molar refractivity (Wildman–Crippen MR) is 98.9 cm³/mol. The highest BCUT2D eigenvalue weighted by Gasteiger charge is 2.50. The van der Waals surface area contributed by atoms with E-state index in [4.69, 9.17) is 0 Å². The van der Waals surface area contributed by atoms with E-state index in [9.17, 15) is 0 Å². The Morgan fingerprint density at radius 3 is 2.55 bits per heavy atom. The van der Waals surface area contributed by atoms with Gasteiger partial charge in [-0.05, 0) is 74.0 Å². The molecule has 0 bridgehead atoms. The van der Waals surface area contributed by atoms with E-state index in [0.717, 1.165) is 29.6 Å². The molecule has 2 rings (SSSR count). The summed E-state index contributed by atoms with van der Waals surface area (Å²) in [6.45, 7) is 14.4. The summed E-state index contributed by atoms with van der Waals surface area (Å²) >= 11 is 0. The third-order valence-corrected chi connectivity index (χ3v) is 7.30. The lowest BCUT2D eigenvalue weighted by Gasteiger charge is -2.44. The zero-order chi connectivity index (χ0) is 16.3. The van der Waals surface area contributed by atoms with Gasteiger partial charge in [-0.15, -0.1) is 0 Å². The molecule has 6 atom stereocenters. The lowest BCUT2D eigenvalue weighted by molar-refractivity contribution is 0.112. The van der Waals surface area contributed by atoms with Crippen molar-refractivity contribution in [3.8, 4) is 0 Å². The molecular weight excluding hydrogens is 264 g/mol. The molecule has 0 aromatic rings. The maximum Gasteiger partial charge on any atom is -0.0146 e. The Bertz CT molecular complexity index is 416. The summed E-state index contributed by atoms with van der Waals surface area (Å²) < 4.78 is 0. The van der Waals surface area contributed by atoms with Crippen LogP contribution in [0, 0.1) is 35.0 Å². The molecule has 0 radical (unpaired) electrons. The van der Waals surface area contributed by atoms with Crippen molar-refractivity contribution in [2.24, 2.45) is 35.0 Å². The van der Waals surface area contributed by atoms with Crippen molar-refractivity contribution in [2.45, 2.75) is 80.1 Å². The van der Waals surface area contributed by atoms with E-state index < -0.39 is 0 Å². The van der Waals surface area contributed by atoms with Crippen LogP contribution in [0.5, 0.6) is 0 Å². The van der Waals surface area contributed by atoms with Gasteiger partial charge in [-0.25, -0.2) is 0 Å². The molecule has 0 N–H and O–H groups in total. The number of fused-ring (bicyclic) bond motifs is 1. The van der Waals surface area contributed by atoms with Crippen LogP contribution in [0.25, 0.3) is 0 Å². The summed E-state index contributed by atoms with van der Waals surface area (Å²) in [6.07, 6.45) is 15.8.